The zero-order valence-electron chi connectivity index (χ0n) is 12.5. The number of benzene rings is 1. The van der Waals surface area contributed by atoms with Crippen molar-refractivity contribution in [1.29, 1.82) is 0 Å². The number of aliphatic hydroxyl groups is 1. The Labute approximate surface area is 130 Å². The van der Waals surface area contributed by atoms with Gasteiger partial charge in [0, 0.05) is 23.8 Å². The van der Waals surface area contributed by atoms with Gasteiger partial charge in [-0.05, 0) is 23.6 Å². The van der Waals surface area contributed by atoms with E-state index in [1.807, 2.05) is 12.4 Å². The normalized spacial score (nSPS) is 11.2. The summed E-state index contributed by atoms with van der Waals surface area (Å²) in [6, 6.07) is 8.59. The molecule has 2 rings (SSSR count). The molecule has 0 aliphatic rings. The van der Waals surface area contributed by atoms with E-state index in [9.17, 15) is 0 Å². The third kappa shape index (κ3) is 4.59. The third-order valence-electron chi connectivity index (χ3n) is 3.14. The molecule has 0 radical (unpaired) electrons. The number of aliphatic hydroxyl groups excluding tert-OH is 1. The Hall–Kier alpha value is -1.30. The number of nitrogens with zero attached hydrogens (tertiary/aromatic N) is 2. The van der Waals surface area contributed by atoms with Crippen LogP contribution in [0.5, 0.6) is 0 Å². The quantitative estimate of drug-likeness (QED) is 0.601. The molecule has 1 heterocycles. The summed E-state index contributed by atoms with van der Waals surface area (Å²) < 4.78 is 7.35. The van der Waals surface area contributed by atoms with E-state index in [-0.39, 0.29) is 6.61 Å². The number of imidazole rings is 1. The Balaban J connectivity index is 1.99. The maximum absolute atomic E-state index is 8.66. The first kappa shape index (κ1) is 16.1. The minimum Gasteiger partial charge on any atom is -0.394 e. The minimum atomic E-state index is 0.0709. The van der Waals surface area contributed by atoms with Crippen LogP contribution in [0.1, 0.15) is 25.3 Å². The van der Waals surface area contributed by atoms with Gasteiger partial charge in [0.2, 0.25) is 0 Å². The highest BCUT2D eigenvalue weighted by Gasteiger charge is 2.06. The Kier molecular flexibility index (Phi) is 6.29. The third-order valence-corrected chi connectivity index (χ3v) is 4.07. The van der Waals surface area contributed by atoms with E-state index in [2.05, 4.69) is 47.7 Å². The molecule has 1 N–H and O–H groups in total. The van der Waals surface area contributed by atoms with Gasteiger partial charge in [-0.25, -0.2) is 4.98 Å². The lowest BCUT2D eigenvalue weighted by molar-refractivity contribution is 0.103. The van der Waals surface area contributed by atoms with Crippen LogP contribution in [0.15, 0.2) is 41.8 Å². The molecule has 4 nitrogen and oxygen atoms in total. The summed E-state index contributed by atoms with van der Waals surface area (Å²) in [5.74, 6) is 1.36. The molecule has 0 atom stereocenters. The number of ether oxygens (including phenoxy) is 1. The fourth-order valence-corrected chi connectivity index (χ4v) is 2.80. The van der Waals surface area contributed by atoms with Crippen molar-refractivity contribution >= 4 is 11.8 Å². The van der Waals surface area contributed by atoms with Crippen molar-refractivity contribution in [2.45, 2.75) is 24.9 Å². The monoisotopic (exact) mass is 306 g/mol. The molecule has 0 amide bonds. The Morgan fingerprint density at radius 2 is 2.00 bits per heavy atom. The minimum absolute atomic E-state index is 0.0709. The van der Waals surface area contributed by atoms with Crippen LogP contribution in [0.2, 0.25) is 0 Å². The van der Waals surface area contributed by atoms with Gasteiger partial charge in [0.15, 0.2) is 5.16 Å². The number of rotatable bonds is 8. The molecule has 0 bridgehead atoms. The van der Waals surface area contributed by atoms with E-state index < -0.39 is 0 Å². The molecule has 0 saturated heterocycles. The van der Waals surface area contributed by atoms with Gasteiger partial charge in [0.1, 0.15) is 0 Å². The molecule has 2 aromatic rings. The molecule has 1 aromatic heterocycles. The van der Waals surface area contributed by atoms with Crippen LogP contribution < -0.4 is 0 Å². The first-order valence-electron chi connectivity index (χ1n) is 7.17. The second kappa shape index (κ2) is 8.22. The first-order chi connectivity index (χ1) is 10.2. The Bertz CT molecular complexity index is 537. The lowest BCUT2D eigenvalue weighted by Crippen LogP contribution is -2.03. The number of hydrogen-bond donors (Lipinski definition) is 1. The SMILES string of the molecule is CC(C)c1ccc(-n2ccnc2SCCOCCO)cc1. The van der Waals surface area contributed by atoms with E-state index >= 15 is 0 Å². The lowest BCUT2D eigenvalue weighted by atomic mass is 10.0. The van der Waals surface area contributed by atoms with E-state index in [1.165, 1.54) is 5.56 Å². The van der Waals surface area contributed by atoms with Crippen molar-refractivity contribution in [3.8, 4) is 5.69 Å². The molecule has 0 spiro atoms. The molecule has 114 valence electrons. The fourth-order valence-electron chi connectivity index (χ4n) is 1.97. The highest BCUT2D eigenvalue weighted by Crippen LogP contribution is 2.22. The lowest BCUT2D eigenvalue weighted by Gasteiger charge is -2.10. The topological polar surface area (TPSA) is 47.3 Å². The second-order valence-electron chi connectivity index (χ2n) is 5.01. The predicted octanol–water partition coefficient (Wildman–Crippen LogP) is 3.10. The van der Waals surface area contributed by atoms with Crippen molar-refractivity contribution < 1.29 is 9.84 Å². The molecule has 0 aliphatic heterocycles. The smallest absolute Gasteiger partial charge is 0.172 e. The van der Waals surface area contributed by atoms with Crippen LogP contribution >= 0.6 is 11.8 Å². The molecule has 5 heteroatoms. The largest absolute Gasteiger partial charge is 0.394 e. The molecule has 0 aliphatic carbocycles. The summed E-state index contributed by atoms with van der Waals surface area (Å²) in [6.45, 7) is 5.47. The summed E-state index contributed by atoms with van der Waals surface area (Å²) >= 11 is 1.65. The maximum Gasteiger partial charge on any atom is 0.172 e. The highest BCUT2D eigenvalue weighted by molar-refractivity contribution is 7.99. The highest BCUT2D eigenvalue weighted by atomic mass is 32.2. The number of hydrogen-bond acceptors (Lipinski definition) is 4. The zero-order chi connectivity index (χ0) is 15.1. The number of thioether (sulfide) groups is 1. The van der Waals surface area contributed by atoms with Gasteiger partial charge >= 0.3 is 0 Å². The van der Waals surface area contributed by atoms with Crippen LogP contribution in [0.4, 0.5) is 0 Å². The Morgan fingerprint density at radius 3 is 2.67 bits per heavy atom. The summed E-state index contributed by atoms with van der Waals surface area (Å²) in [6.07, 6.45) is 3.79. The van der Waals surface area contributed by atoms with Crippen molar-refractivity contribution in [3.05, 3.63) is 42.2 Å². The van der Waals surface area contributed by atoms with E-state index in [0.717, 1.165) is 16.6 Å². The molecule has 0 saturated carbocycles. The van der Waals surface area contributed by atoms with Gasteiger partial charge in [-0.3, -0.25) is 4.57 Å². The Morgan fingerprint density at radius 1 is 1.24 bits per heavy atom. The van der Waals surface area contributed by atoms with E-state index in [1.54, 1.807) is 11.8 Å². The van der Waals surface area contributed by atoms with Crippen molar-refractivity contribution in [2.24, 2.45) is 0 Å². The summed E-state index contributed by atoms with van der Waals surface area (Å²) in [5, 5.41) is 9.61. The van der Waals surface area contributed by atoms with Crippen LogP contribution in [0.3, 0.4) is 0 Å². The van der Waals surface area contributed by atoms with E-state index in [0.29, 0.717) is 19.1 Å². The van der Waals surface area contributed by atoms with Gasteiger partial charge in [-0.1, -0.05) is 37.7 Å². The predicted molar refractivity (Wildman–Crippen MR) is 86.3 cm³/mol. The van der Waals surface area contributed by atoms with Crippen molar-refractivity contribution in [1.82, 2.24) is 9.55 Å². The van der Waals surface area contributed by atoms with Crippen molar-refractivity contribution in [3.63, 3.8) is 0 Å². The van der Waals surface area contributed by atoms with Gasteiger partial charge in [0.25, 0.3) is 0 Å². The average molecular weight is 306 g/mol. The second-order valence-corrected chi connectivity index (χ2v) is 6.07. The summed E-state index contributed by atoms with van der Waals surface area (Å²) in [5.41, 5.74) is 2.46. The molecule has 1 aromatic carbocycles. The fraction of sp³-hybridized carbons (Fsp3) is 0.438. The van der Waals surface area contributed by atoms with Crippen molar-refractivity contribution in [2.75, 3.05) is 25.6 Å². The maximum atomic E-state index is 8.66. The number of aromatic nitrogens is 2. The molecule has 0 unspecified atom stereocenters. The van der Waals surface area contributed by atoms with Gasteiger partial charge in [-0.2, -0.15) is 0 Å². The van der Waals surface area contributed by atoms with Crippen LogP contribution in [-0.2, 0) is 4.74 Å². The van der Waals surface area contributed by atoms with Crippen LogP contribution in [0.25, 0.3) is 5.69 Å². The molecular formula is C16H22N2O2S. The van der Waals surface area contributed by atoms with Crippen LogP contribution in [0, 0.1) is 0 Å². The average Bonchev–Trinajstić information content (AvgIpc) is 2.95. The zero-order valence-corrected chi connectivity index (χ0v) is 13.3. The molecule has 21 heavy (non-hydrogen) atoms. The van der Waals surface area contributed by atoms with Gasteiger partial charge < -0.3 is 9.84 Å². The first-order valence-corrected chi connectivity index (χ1v) is 8.16. The van der Waals surface area contributed by atoms with Crippen LogP contribution in [-0.4, -0.2) is 40.2 Å². The van der Waals surface area contributed by atoms with Gasteiger partial charge in [0.05, 0.1) is 19.8 Å². The standard InChI is InChI=1S/C16H22N2O2S/c1-13(2)14-3-5-15(6-4-14)18-8-7-17-16(18)21-12-11-20-10-9-19/h3-8,13,19H,9-12H2,1-2H3. The van der Waals surface area contributed by atoms with E-state index in [4.69, 9.17) is 9.84 Å². The summed E-state index contributed by atoms with van der Waals surface area (Å²) in [4.78, 5) is 4.39. The molecule has 0 fully saturated rings. The molecular weight excluding hydrogens is 284 g/mol. The summed E-state index contributed by atoms with van der Waals surface area (Å²) in [7, 11) is 0. The van der Waals surface area contributed by atoms with Gasteiger partial charge in [-0.15, -0.1) is 0 Å².